The predicted octanol–water partition coefficient (Wildman–Crippen LogP) is 5.01. The molecule has 0 spiro atoms. The largest absolute Gasteiger partial charge is 0.490 e. The third-order valence-electron chi connectivity index (χ3n) is 4.91. The molecule has 0 radical (unpaired) electrons. The van der Waals surface area contributed by atoms with E-state index in [1.54, 1.807) is 0 Å². The minimum Gasteiger partial charge on any atom is -0.475 e. The number of alkyl halides is 3. The highest BCUT2D eigenvalue weighted by atomic mass is 19.4. The number of hydrogen-bond acceptors (Lipinski definition) is 4. The number of carboxylic acids is 1. The molecule has 1 aliphatic carbocycles. The molecule has 2 aromatic carbocycles. The van der Waals surface area contributed by atoms with Gasteiger partial charge in [-0.05, 0) is 24.3 Å². The van der Waals surface area contributed by atoms with Crippen LogP contribution in [0.15, 0.2) is 71.3 Å². The number of carbonyl (C=O) groups is 1. The van der Waals surface area contributed by atoms with Gasteiger partial charge in [-0.2, -0.15) is 13.2 Å². The van der Waals surface area contributed by atoms with Crippen LogP contribution in [0.25, 0.3) is 11.3 Å². The molecule has 1 saturated carbocycles. The maximum absolute atomic E-state index is 10.6. The topological polar surface area (TPSA) is 75.4 Å². The Morgan fingerprint density at radius 1 is 1.07 bits per heavy atom. The number of nitrogens with zero attached hydrogens (tertiary/aromatic N) is 1. The van der Waals surface area contributed by atoms with Crippen molar-refractivity contribution in [3.63, 3.8) is 0 Å². The maximum atomic E-state index is 10.6. The van der Waals surface area contributed by atoms with Gasteiger partial charge in [-0.25, -0.2) is 4.79 Å². The Balaban J connectivity index is 0.000000318. The second-order valence-corrected chi connectivity index (χ2v) is 6.93. The maximum Gasteiger partial charge on any atom is 0.490 e. The molecule has 2 N–H and O–H groups in total. The Bertz CT molecular complexity index is 943. The fourth-order valence-corrected chi connectivity index (χ4v) is 3.21. The van der Waals surface area contributed by atoms with E-state index in [9.17, 15) is 13.2 Å². The molecule has 1 aromatic heterocycles. The van der Waals surface area contributed by atoms with E-state index >= 15 is 0 Å². The van der Waals surface area contributed by atoms with Gasteiger partial charge in [0.1, 0.15) is 0 Å². The zero-order chi connectivity index (χ0) is 21.6. The van der Waals surface area contributed by atoms with Crippen LogP contribution in [-0.4, -0.2) is 28.5 Å². The Morgan fingerprint density at radius 2 is 1.67 bits per heavy atom. The van der Waals surface area contributed by atoms with E-state index in [-0.39, 0.29) is 0 Å². The Morgan fingerprint density at radius 3 is 2.20 bits per heavy atom. The lowest BCUT2D eigenvalue weighted by Crippen LogP contribution is -2.41. The van der Waals surface area contributed by atoms with E-state index in [4.69, 9.17) is 14.4 Å². The normalized spacial score (nSPS) is 18.1. The Labute approximate surface area is 171 Å². The first-order valence-electron chi connectivity index (χ1n) is 9.44. The molecule has 3 aromatic rings. The van der Waals surface area contributed by atoms with Crippen LogP contribution in [0, 0.1) is 0 Å². The van der Waals surface area contributed by atoms with Crippen molar-refractivity contribution in [1.29, 1.82) is 0 Å². The summed E-state index contributed by atoms with van der Waals surface area (Å²) in [5.41, 5.74) is 3.46. The number of rotatable bonds is 5. The molecule has 0 bridgehead atoms. The van der Waals surface area contributed by atoms with Gasteiger partial charge in [0.15, 0.2) is 5.76 Å². The average molecular weight is 418 g/mol. The van der Waals surface area contributed by atoms with Crippen molar-refractivity contribution in [2.24, 2.45) is 0 Å². The minimum atomic E-state index is -5.08. The van der Waals surface area contributed by atoms with Crippen molar-refractivity contribution in [3.8, 4) is 11.3 Å². The van der Waals surface area contributed by atoms with E-state index in [1.807, 2.05) is 36.4 Å². The van der Waals surface area contributed by atoms with Crippen molar-refractivity contribution >= 4 is 5.97 Å². The van der Waals surface area contributed by atoms with Crippen LogP contribution in [0.2, 0.25) is 0 Å². The predicted molar refractivity (Wildman–Crippen MR) is 105 cm³/mol. The van der Waals surface area contributed by atoms with Crippen LogP contribution in [0.3, 0.4) is 0 Å². The summed E-state index contributed by atoms with van der Waals surface area (Å²) >= 11 is 0. The summed E-state index contributed by atoms with van der Waals surface area (Å²) in [6, 6.07) is 23.4. The Hall–Kier alpha value is -3.13. The van der Waals surface area contributed by atoms with Gasteiger partial charge >= 0.3 is 12.1 Å². The van der Waals surface area contributed by atoms with Crippen LogP contribution >= 0.6 is 0 Å². The van der Waals surface area contributed by atoms with E-state index in [0.29, 0.717) is 12.0 Å². The van der Waals surface area contributed by atoms with Crippen molar-refractivity contribution in [1.82, 2.24) is 10.5 Å². The molecule has 30 heavy (non-hydrogen) atoms. The van der Waals surface area contributed by atoms with Gasteiger partial charge in [0.05, 0.1) is 5.69 Å². The molecule has 0 saturated heterocycles. The number of carboxylic acid groups (broad SMARTS) is 1. The van der Waals surface area contributed by atoms with Gasteiger partial charge in [0.2, 0.25) is 0 Å². The highest BCUT2D eigenvalue weighted by Crippen LogP contribution is 2.37. The summed E-state index contributed by atoms with van der Waals surface area (Å²) in [4.78, 5) is 8.90. The average Bonchev–Trinajstić information content (AvgIpc) is 3.18. The van der Waals surface area contributed by atoms with E-state index in [2.05, 4.69) is 40.8 Å². The van der Waals surface area contributed by atoms with E-state index in [0.717, 1.165) is 23.6 Å². The van der Waals surface area contributed by atoms with E-state index in [1.165, 1.54) is 18.4 Å². The van der Waals surface area contributed by atoms with Crippen LogP contribution in [-0.2, 0) is 11.3 Å². The van der Waals surface area contributed by atoms with Gasteiger partial charge in [-0.3, -0.25) is 0 Å². The SMILES string of the molecule is O=C(O)C(F)(F)F.c1ccc(-c2cc(CNC3CCC3c3ccccc3)no2)cc1. The second-order valence-electron chi connectivity index (χ2n) is 6.93. The van der Waals surface area contributed by atoms with Crippen LogP contribution in [0.4, 0.5) is 13.2 Å². The number of aliphatic carboxylic acids is 1. The number of hydrogen-bond donors (Lipinski definition) is 2. The van der Waals surface area contributed by atoms with Crippen molar-refractivity contribution in [2.45, 2.75) is 37.5 Å². The summed E-state index contributed by atoms with van der Waals surface area (Å²) in [6.45, 7) is 0.754. The summed E-state index contributed by atoms with van der Waals surface area (Å²) < 4.78 is 37.2. The fourth-order valence-electron chi connectivity index (χ4n) is 3.21. The van der Waals surface area contributed by atoms with Crippen LogP contribution in [0.5, 0.6) is 0 Å². The van der Waals surface area contributed by atoms with Gasteiger partial charge in [-0.1, -0.05) is 65.8 Å². The van der Waals surface area contributed by atoms with E-state index < -0.39 is 12.1 Å². The summed E-state index contributed by atoms with van der Waals surface area (Å²) in [7, 11) is 0. The first kappa shape index (κ1) is 21.6. The molecular weight excluding hydrogens is 397 g/mol. The quantitative estimate of drug-likeness (QED) is 0.609. The molecule has 4 rings (SSSR count). The molecular formula is C22H21F3N2O3. The molecule has 2 atom stereocenters. The molecule has 0 amide bonds. The summed E-state index contributed by atoms with van der Waals surface area (Å²) in [5, 5.41) is 14.9. The molecule has 1 heterocycles. The third-order valence-corrected chi connectivity index (χ3v) is 4.91. The lowest BCUT2D eigenvalue weighted by Gasteiger charge is -2.37. The number of aromatic nitrogens is 1. The first-order valence-corrected chi connectivity index (χ1v) is 9.44. The van der Waals surface area contributed by atoms with Crippen molar-refractivity contribution in [2.75, 3.05) is 0 Å². The number of nitrogens with one attached hydrogen (secondary N) is 1. The molecule has 8 heteroatoms. The van der Waals surface area contributed by atoms with Crippen LogP contribution < -0.4 is 5.32 Å². The molecule has 5 nitrogen and oxygen atoms in total. The lowest BCUT2D eigenvalue weighted by molar-refractivity contribution is -0.192. The van der Waals surface area contributed by atoms with Crippen molar-refractivity contribution in [3.05, 3.63) is 78.0 Å². The van der Waals surface area contributed by atoms with Gasteiger partial charge in [-0.15, -0.1) is 0 Å². The fraction of sp³-hybridized carbons (Fsp3) is 0.273. The summed E-state index contributed by atoms with van der Waals surface area (Å²) in [6.07, 6.45) is -2.60. The monoisotopic (exact) mass is 418 g/mol. The number of halogens is 3. The summed E-state index contributed by atoms with van der Waals surface area (Å²) in [5.74, 6) is -1.31. The van der Waals surface area contributed by atoms with Gasteiger partial charge in [0, 0.05) is 24.2 Å². The molecule has 0 aliphatic heterocycles. The highest BCUT2D eigenvalue weighted by molar-refractivity contribution is 5.73. The van der Waals surface area contributed by atoms with Gasteiger partial charge < -0.3 is 14.9 Å². The highest BCUT2D eigenvalue weighted by Gasteiger charge is 2.38. The Kier molecular flexibility index (Phi) is 6.89. The smallest absolute Gasteiger partial charge is 0.475 e. The lowest BCUT2D eigenvalue weighted by atomic mass is 9.75. The van der Waals surface area contributed by atoms with Gasteiger partial charge in [0.25, 0.3) is 0 Å². The molecule has 1 aliphatic rings. The second kappa shape index (κ2) is 9.58. The minimum absolute atomic E-state index is 0.536. The standard InChI is InChI=1S/C20H20N2O.C2HF3O2/c1-3-7-15(8-4-1)18-11-12-19(18)21-14-17-13-20(23-22-17)16-9-5-2-6-10-16;3-2(4,5)1(6)7/h1-10,13,18-19,21H,11-12,14H2;(H,6,7). The number of benzene rings is 2. The molecule has 2 unspecified atom stereocenters. The first-order chi connectivity index (χ1) is 14.3. The molecule has 1 fully saturated rings. The van der Waals surface area contributed by atoms with Crippen molar-refractivity contribution < 1.29 is 27.6 Å². The molecule has 158 valence electrons. The zero-order valence-corrected chi connectivity index (χ0v) is 16.0. The van der Waals surface area contributed by atoms with Crippen LogP contribution in [0.1, 0.15) is 30.0 Å². The third kappa shape index (κ3) is 5.70. The zero-order valence-electron chi connectivity index (χ0n) is 16.0.